The number of carbonyl (C=O) groups excluding carboxylic acids is 1. The molecule has 0 fully saturated rings. The number of rotatable bonds is 5. The monoisotopic (exact) mass is 276 g/mol. The molecule has 7 nitrogen and oxygen atoms in total. The predicted molar refractivity (Wildman–Crippen MR) is 76.0 cm³/mol. The lowest BCUT2D eigenvalue weighted by Crippen LogP contribution is -2.30. The number of anilines is 1. The van der Waals surface area contributed by atoms with Crippen molar-refractivity contribution in [3.05, 3.63) is 29.3 Å². The number of nitrogens with zero attached hydrogens (tertiary/aromatic N) is 4. The van der Waals surface area contributed by atoms with Gasteiger partial charge in [0.2, 0.25) is 5.91 Å². The molecule has 0 bridgehead atoms. The van der Waals surface area contributed by atoms with E-state index in [0.717, 1.165) is 23.4 Å². The quantitative estimate of drug-likeness (QED) is 0.814. The van der Waals surface area contributed by atoms with Crippen molar-refractivity contribution in [2.24, 2.45) is 7.05 Å². The molecule has 7 heteroatoms. The normalized spacial score (nSPS) is 10.8. The van der Waals surface area contributed by atoms with E-state index in [1.165, 1.54) is 0 Å². The van der Waals surface area contributed by atoms with Crippen LogP contribution in [0.5, 0.6) is 0 Å². The zero-order chi connectivity index (χ0) is 14.7. The van der Waals surface area contributed by atoms with Crippen LogP contribution >= 0.6 is 0 Å². The molecular formula is C13H20N6O. The Balaban J connectivity index is 1.82. The minimum absolute atomic E-state index is 0.0699. The summed E-state index contributed by atoms with van der Waals surface area (Å²) in [5.41, 5.74) is 9.16. The van der Waals surface area contributed by atoms with E-state index in [9.17, 15) is 4.79 Å². The second-order valence-corrected chi connectivity index (χ2v) is 4.86. The first kappa shape index (κ1) is 14.1. The molecule has 0 saturated carbocycles. The number of nitrogens with one attached hydrogen (secondary N) is 1. The molecule has 0 aliphatic rings. The zero-order valence-corrected chi connectivity index (χ0v) is 12.1. The molecule has 0 aliphatic heterocycles. The Morgan fingerprint density at radius 3 is 2.75 bits per heavy atom. The van der Waals surface area contributed by atoms with E-state index in [-0.39, 0.29) is 12.5 Å². The fourth-order valence-corrected chi connectivity index (χ4v) is 2.00. The summed E-state index contributed by atoms with van der Waals surface area (Å²) in [6.07, 6.45) is 4.50. The molecule has 108 valence electrons. The van der Waals surface area contributed by atoms with E-state index in [1.54, 1.807) is 15.6 Å². The molecule has 0 aliphatic carbocycles. The number of nitrogen functional groups attached to an aromatic ring is 1. The summed E-state index contributed by atoms with van der Waals surface area (Å²) in [6, 6.07) is 0. The minimum atomic E-state index is -0.0699. The largest absolute Gasteiger partial charge is 0.396 e. The lowest BCUT2D eigenvalue weighted by molar-refractivity contribution is -0.121. The standard InChI is InChI=1S/C13H20N6O/c1-9-13(14)10(2)19(17-9)8-12(20)15-5-4-11-6-16-18(3)7-11/h6-7H,4-5,8,14H2,1-3H3,(H,15,20). The molecule has 0 atom stereocenters. The number of aryl methyl sites for hydroxylation is 2. The van der Waals surface area contributed by atoms with E-state index >= 15 is 0 Å². The van der Waals surface area contributed by atoms with Crippen LogP contribution in [0, 0.1) is 13.8 Å². The molecule has 0 aromatic carbocycles. The number of aromatic nitrogens is 4. The van der Waals surface area contributed by atoms with Gasteiger partial charge in [-0.15, -0.1) is 0 Å². The molecule has 2 rings (SSSR count). The van der Waals surface area contributed by atoms with Crippen molar-refractivity contribution in [1.82, 2.24) is 24.9 Å². The van der Waals surface area contributed by atoms with Crippen LogP contribution in [0.25, 0.3) is 0 Å². The number of amides is 1. The molecule has 0 spiro atoms. The zero-order valence-electron chi connectivity index (χ0n) is 12.1. The van der Waals surface area contributed by atoms with Crippen molar-refractivity contribution >= 4 is 11.6 Å². The molecule has 0 unspecified atom stereocenters. The molecule has 2 heterocycles. The smallest absolute Gasteiger partial charge is 0.241 e. The lowest BCUT2D eigenvalue weighted by atomic mass is 10.2. The summed E-state index contributed by atoms with van der Waals surface area (Å²) in [6.45, 7) is 4.47. The van der Waals surface area contributed by atoms with Gasteiger partial charge in [-0.1, -0.05) is 0 Å². The Labute approximate surface area is 117 Å². The minimum Gasteiger partial charge on any atom is -0.396 e. The first-order valence-corrected chi connectivity index (χ1v) is 6.51. The van der Waals surface area contributed by atoms with Crippen molar-refractivity contribution in [3.8, 4) is 0 Å². The van der Waals surface area contributed by atoms with Crippen LogP contribution in [-0.2, 0) is 24.8 Å². The summed E-state index contributed by atoms with van der Waals surface area (Å²) in [7, 11) is 1.87. The van der Waals surface area contributed by atoms with Crippen molar-refractivity contribution < 1.29 is 4.79 Å². The number of nitrogens with two attached hydrogens (primary N) is 1. The first-order chi connectivity index (χ1) is 9.47. The Bertz CT molecular complexity index is 612. The molecule has 2 aromatic rings. The van der Waals surface area contributed by atoms with Crippen LogP contribution < -0.4 is 11.1 Å². The second-order valence-electron chi connectivity index (χ2n) is 4.86. The summed E-state index contributed by atoms with van der Waals surface area (Å²) in [4.78, 5) is 11.8. The number of hydrogen-bond acceptors (Lipinski definition) is 4. The van der Waals surface area contributed by atoms with Gasteiger partial charge in [0.1, 0.15) is 6.54 Å². The van der Waals surface area contributed by atoms with Crippen LogP contribution in [-0.4, -0.2) is 32.0 Å². The van der Waals surface area contributed by atoms with Gasteiger partial charge in [-0.25, -0.2) is 0 Å². The Morgan fingerprint density at radius 2 is 2.20 bits per heavy atom. The summed E-state index contributed by atoms with van der Waals surface area (Å²) < 4.78 is 3.37. The predicted octanol–water partition coefficient (Wildman–Crippen LogP) is 0.175. The van der Waals surface area contributed by atoms with Gasteiger partial charge in [0.25, 0.3) is 0 Å². The summed E-state index contributed by atoms with van der Waals surface area (Å²) >= 11 is 0. The fraction of sp³-hybridized carbons (Fsp3) is 0.462. The van der Waals surface area contributed by atoms with Crippen LogP contribution in [0.4, 0.5) is 5.69 Å². The van der Waals surface area contributed by atoms with Crippen molar-refractivity contribution in [2.75, 3.05) is 12.3 Å². The second kappa shape index (κ2) is 5.77. The van der Waals surface area contributed by atoms with Crippen LogP contribution in [0.15, 0.2) is 12.4 Å². The van der Waals surface area contributed by atoms with Gasteiger partial charge in [0.15, 0.2) is 0 Å². The summed E-state index contributed by atoms with van der Waals surface area (Å²) in [5.74, 6) is -0.0699. The van der Waals surface area contributed by atoms with Gasteiger partial charge in [-0.05, 0) is 25.8 Å². The third kappa shape index (κ3) is 3.17. The SMILES string of the molecule is Cc1nn(CC(=O)NCCc2cnn(C)c2)c(C)c1N. The maximum absolute atomic E-state index is 11.8. The van der Waals surface area contributed by atoms with Crippen LogP contribution in [0.2, 0.25) is 0 Å². The van der Waals surface area contributed by atoms with Crippen molar-refractivity contribution in [1.29, 1.82) is 0 Å². The third-order valence-electron chi connectivity index (χ3n) is 3.23. The average Bonchev–Trinajstić information content (AvgIpc) is 2.90. The van der Waals surface area contributed by atoms with Crippen molar-refractivity contribution in [2.45, 2.75) is 26.8 Å². The highest BCUT2D eigenvalue weighted by atomic mass is 16.2. The van der Waals surface area contributed by atoms with Gasteiger partial charge < -0.3 is 11.1 Å². The number of carbonyl (C=O) groups is 1. The summed E-state index contributed by atoms with van der Waals surface area (Å²) in [5, 5.41) is 11.2. The molecule has 0 radical (unpaired) electrons. The highest BCUT2D eigenvalue weighted by Gasteiger charge is 2.11. The molecule has 1 amide bonds. The topological polar surface area (TPSA) is 90.8 Å². The van der Waals surface area contributed by atoms with Crippen LogP contribution in [0.3, 0.4) is 0 Å². The maximum atomic E-state index is 11.8. The van der Waals surface area contributed by atoms with E-state index in [1.807, 2.05) is 27.1 Å². The van der Waals surface area contributed by atoms with Gasteiger partial charge in [-0.2, -0.15) is 10.2 Å². The van der Waals surface area contributed by atoms with E-state index < -0.39 is 0 Å². The number of hydrogen-bond donors (Lipinski definition) is 2. The highest BCUT2D eigenvalue weighted by molar-refractivity contribution is 5.75. The van der Waals surface area contributed by atoms with E-state index in [4.69, 9.17) is 5.73 Å². The third-order valence-corrected chi connectivity index (χ3v) is 3.23. The molecule has 20 heavy (non-hydrogen) atoms. The molecule has 3 N–H and O–H groups in total. The van der Waals surface area contributed by atoms with E-state index in [2.05, 4.69) is 15.5 Å². The van der Waals surface area contributed by atoms with Gasteiger partial charge >= 0.3 is 0 Å². The fourth-order valence-electron chi connectivity index (χ4n) is 2.00. The van der Waals surface area contributed by atoms with Gasteiger partial charge in [0, 0.05) is 19.8 Å². The van der Waals surface area contributed by atoms with E-state index in [0.29, 0.717) is 12.2 Å². The molecule has 2 aromatic heterocycles. The highest BCUT2D eigenvalue weighted by Crippen LogP contribution is 2.14. The maximum Gasteiger partial charge on any atom is 0.241 e. The average molecular weight is 276 g/mol. The Hall–Kier alpha value is -2.31. The first-order valence-electron chi connectivity index (χ1n) is 6.51. The Morgan fingerprint density at radius 1 is 1.45 bits per heavy atom. The van der Waals surface area contributed by atoms with Gasteiger partial charge in [0.05, 0.1) is 23.3 Å². The van der Waals surface area contributed by atoms with Crippen molar-refractivity contribution in [3.63, 3.8) is 0 Å². The lowest BCUT2D eigenvalue weighted by Gasteiger charge is -2.06. The van der Waals surface area contributed by atoms with Crippen LogP contribution in [0.1, 0.15) is 17.0 Å². The molecular weight excluding hydrogens is 256 g/mol. The molecule has 0 saturated heterocycles. The Kier molecular flexibility index (Phi) is 4.07. The van der Waals surface area contributed by atoms with Gasteiger partial charge in [-0.3, -0.25) is 14.2 Å².